The molecule has 0 aliphatic carbocycles. The van der Waals surface area contributed by atoms with Crippen LogP contribution in [0.15, 0.2) is 18.2 Å². The first kappa shape index (κ1) is 17.8. The summed E-state index contributed by atoms with van der Waals surface area (Å²) in [6.07, 6.45) is -0.211. The lowest BCUT2D eigenvalue weighted by atomic mass is 10.2. The topological polar surface area (TPSA) is 85.9 Å². The molecule has 0 aliphatic rings. The number of hydrogen-bond acceptors (Lipinski definition) is 5. The van der Waals surface area contributed by atoms with Crippen molar-refractivity contribution in [1.29, 1.82) is 0 Å². The summed E-state index contributed by atoms with van der Waals surface area (Å²) >= 11 is 0. The largest absolute Gasteiger partial charge is 0.493 e. The molecule has 0 saturated heterocycles. The Balaban J connectivity index is 2.42. The molecule has 2 amide bonds. The molecule has 0 aliphatic heterocycles. The summed E-state index contributed by atoms with van der Waals surface area (Å²) in [6, 6.07) is 5.36. The molecule has 0 saturated carbocycles. The van der Waals surface area contributed by atoms with E-state index in [9.17, 15) is 9.59 Å². The summed E-state index contributed by atoms with van der Waals surface area (Å²) in [5, 5.41) is 5.27. The molecule has 7 nitrogen and oxygen atoms in total. The van der Waals surface area contributed by atoms with Gasteiger partial charge in [0.15, 0.2) is 11.5 Å². The third-order valence-electron chi connectivity index (χ3n) is 2.89. The van der Waals surface area contributed by atoms with Crippen LogP contribution < -0.4 is 20.1 Å². The van der Waals surface area contributed by atoms with Crippen molar-refractivity contribution in [2.75, 3.05) is 34.5 Å². The van der Waals surface area contributed by atoms with E-state index < -0.39 is 0 Å². The van der Waals surface area contributed by atoms with Crippen molar-refractivity contribution in [3.8, 4) is 11.5 Å². The molecule has 0 bridgehead atoms. The maximum atomic E-state index is 11.7. The third-order valence-corrected chi connectivity index (χ3v) is 2.89. The van der Waals surface area contributed by atoms with Crippen molar-refractivity contribution in [3.63, 3.8) is 0 Å². The number of methoxy groups -OCH3 is 3. The van der Waals surface area contributed by atoms with Crippen LogP contribution in [-0.4, -0.2) is 46.3 Å². The highest BCUT2D eigenvalue weighted by atomic mass is 16.5. The van der Waals surface area contributed by atoms with Crippen molar-refractivity contribution in [2.24, 2.45) is 0 Å². The van der Waals surface area contributed by atoms with Gasteiger partial charge in [-0.1, -0.05) is 6.07 Å². The van der Waals surface area contributed by atoms with Gasteiger partial charge in [-0.3, -0.25) is 9.59 Å². The van der Waals surface area contributed by atoms with Crippen LogP contribution in [0.3, 0.4) is 0 Å². The molecule has 0 fully saturated rings. The molecular weight excluding hydrogens is 288 g/mol. The molecule has 1 rings (SSSR count). The van der Waals surface area contributed by atoms with Gasteiger partial charge in [0.05, 0.1) is 20.8 Å². The SMILES string of the molecule is COCCNC(=O)CC(=O)NCc1ccc(OC)c(OC)c1. The number of carbonyl (C=O) groups excluding carboxylic acids is 2. The molecular formula is C15H22N2O5. The lowest BCUT2D eigenvalue weighted by molar-refractivity contribution is -0.129. The van der Waals surface area contributed by atoms with Crippen LogP contribution in [0.2, 0.25) is 0 Å². The van der Waals surface area contributed by atoms with Gasteiger partial charge in [0, 0.05) is 20.2 Å². The van der Waals surface area contributed by atoms with Crippen LogP contribution in [0, 0.1) is 0 Å². The molecule has 1 aromatic rings. The van der Waals surface area contributed by atoms with E-state index >= 15 is 0 Å². The van der Waals surface area contributed by atoms with Crippen LogP contribution in [0.1, 0.15) is 12.0 Å². The van der Waals surface area contributed by atoms with E-state index in [1.165, 1.54) is 0 Å². The maximum absolute atomic E-state index is 11.7. The Bertz CT molecular complexity index is 505. The fourth-order valence-corrected chi connectivity index (χ4v) is 1.75. The van der Waals surface area contributed by atoms with E-state index in [0.717, 1.165) is 5.56 Å². The molecule has 2 N–H and O–H groups in total. The summed E-state index contributed by atoms with van der Waals surface area (Å²) in [5.74, 6) is 0.535. The summed E-state index contributed by atoms with van der Waals surface area (Å²) in [4.78, 5) is 23.1. The number of amides is 2. The van der Waals surface area contributed by atoms with Crippen molar-refractivity contribution < 1.29 is 23.8 Å². The molecule has 0 radical (unpaired) electrons. The first-order valence-electron chi connectivity index (χ1n) is 6.84. The summed E-state index contributed by atoms with van der Waals surface area (Å²) in [6.45, 7) is 1.11. The van der Waals surface area contributed by atoms with Crippen LogP contribution in [0.5, 0.6) is 11.5 Å². The predicted octanol–water partition coefficient (Wildman–Crippen LogP) is 0.473. The van der Waals surface area contributed by atoms with Crippen LogP contribution in [0.25, 0.3) is 0 Å². The molecule has 0 atom stereocenters. The van der Waals surface area contributed by atoms with Gasteiger partial charge in [-0.2, -0.15) is 0 Å². The molecule has 22 heavy (non-hydrogen) atoms. The van der Waals surface area contributed by atoms with Gasteiger partial charge in [0.2, 0.25) is 11.8 Å². The quantitative estimate of drug-likeness (QED) is 0.511. The minimum Gasteiger partial charge on any atom is -0.493 e. The van der Waals surface area contributed by atoms with E-state index in [1.807, 2.05) is 6.07 Å². The van der Waals surface area contributed by atoms with Crippen LogP contribution in [-0.2, 0) is 20.9 Å². The van der Waals surface area contributed by atoms with Gasteiger partial charge >= 0.3 is 0 Å². The van der Waals surface area contributed by atoms with Crippen molar-refractivity contribution >= 4 is 11.8 Å². The minimum atomic E-state index is -0.343. The number of hydrogen-bond donors (Lipinski definition) is 2. The molecule has 7 heteroatoms. The van der Waals surface area contributed by atoms with Crippen LogP contribution >= 0.6 is 0 Å². The number of nitrogens with one attached hydrogen (secondary N) is 2. The van der Waals surface area contributed by atoms with Crippen molar-refractivity contribution in [2.45, 2.75) is 13.0 Å². The van der Waals surface area contributed by atoms with E-state index in [4.69, 9.17) is 14.2 Å². The highest BCUT2D eigenvalue weighted by molar-refractivity contribution is 5.96. The monoisotopic (exact) mass is 310 g/mol. The van der Waals surface area contributed by atoms with Gasteiger partial charge in [0.1, 0.15) is 6.42 Å². The van der Waals surface area contributed by atoms with Gasteiger partial charge in [-0.05, 0) is 17.7 Å². The van der Waals surface area contributed by atoms with E-state index in [-0.39, 0.29) is 18.2 Å². The van der Waals surface area contributed by atoms with E-state index in [0.29, 0.717) is 31.2 Å². The Kier molecular flexibility index (Phi) is 7.77. The average Bonchev–Trinajstić information content (AvgIpc) is 2.52. The zero-order valence-electron chi connectivity index (χ0n) is 13.1. The Morgan fingerprint density at radius 3 is 2.32 bits per heavy atom. The molecule has 0 unspecified atom stereocenters. The Morgan fingerprint density at radius 1 is 1.00 bits per heavy atom. The van der Waals surface area contributed by atoms with Gasteiger partial charge in [-0.15, -0.1) is 0 Å². The van der Waals surface area contributed by atoms with Gasteiger partial charge in [0.25, 0.3) is 0 Å². The van der Waals surface area contributed by atoms with Crippen molar-refractivity contribution in [3.05, 3.63) is 23.8 Å². The van der Waals surface area contributed by atoms with Gasteiger partial charge in [-0.25, -0.2) is 0 Å². The molecule has 1 aromatic carbocycles. The lowest BCUT2D eigenvalue weighted by Gasteiger charge is -2.10. The second-order valence-electron chi connectivity index (χ2n) is 4.49. The normalized spacial score (nSPS) is 9.95. The number of ether oxygens (including phenoxy) is 3. The first-order valence-corrected chi connectivity index (χ1v) is 6.84. The Hall–Kier alpha value is -2.28. The second-order valence-corrected chi connectivity index (χ2v) is 4.49. The average molecular weight is 310 g/mol. The number of carbonyl (C=O) groups is 2. The first-order chi connectivity index (χ1) is 10.6. The zero-order valence-corrected chi connectivity index (χ0v) is 13.1. The molecule has 0 aromatic heterocycles. The third kappa shape index (κ3) is 6.01. The summed E-state index contributed by atoms with van der Waals surface area (Å²) in [7, 11) is 4.65. The highest BCUT2D eigenvalue weighted by Crippen LogP contribution is 2.27. The van der Waals surface area contributed by atoms with E-state index in [2.05, 4.69) is 10.6 Å². The summed E-state index contributed by atoms with van der Waals surface area (Å²) in [5.41, 5.74) is 0.853. The Labute approximate surface area is 129 Å². The fourth-order valence-electron chi connectivity index (χ4n) is 1.75. The maximum Gasteiger partial charge on any atom is 0.229 e. The van der Waals surface area contributed by atoms with Crippen molar-refractivity contribution in [1.82, 2.24) is 10.6 Å². The zero-order chi connectivity index (χ0) is 16.4. The Morgan fingerprint density at radius 2 is 1.68 bits per heavy atom. The lowest BCUT2D eigenvalue weighted by Crippen LogP contribution is -2.33. The summed E-state index contributed by atoms with van der Waals surface area (Å²) < 4.78 is 15.1. The number of benzene rings is 1. The smallest absolute Gasteiger partial charge is 0.229 e. The molecule has 0 spiro atoms. The predicted molar refractivity (Wildman–Crippen MR) is 80.9 cm³/mol. The number of rotatable bonds is 9. The molecule has 122 valence electrons. The van der Waals surface area contributed by atoms with Gasteiger partial charge < -0.3 is 24.8 Å². The van der Waals surface area contributed by atoms with Crippen LogP contribution in [0.4, 0.5) is 0 Å². The minimum absolute atomic E-state index is 0.211. The van der Waals surface area contributed by atoms with E-state index in [1.54, 1.807) is 33.5 Å². The second kappa shape index (κ2) is 9.62. The highest BCUT2D eigenvalue weighted by Gasteiger charge is 2.09. The fraction of sp³-hybridized carbons (Fsp3) is 0.467. The standard InChI is InChI=1S/C15H22N2O5/c1-20-7-6-16-14(18)9-15(19)17-10-11-4-5-12(21-2)13(8-11)22-3/h4-5,8H,6-7,9-10H2,1-3H3,(H,16,18)(H,17,19). The molecule has 0 heterocycles.